The average molecular weight is 565 g/mol. The third-order valence-electron chi connectivity index (χ3n) is 7.10. The number of anilines is 1. The molecule has 10 nitrogen and oxygen atoms in total. The topological polar surface area (TPSA) is 124 Å². The molecule has 1 aromatic heterocycles. The number of aliphatic hydroxyl groups is 1. The van der Waals surface area contributed by atoms with Gasteiger partial charge in [0.1, 0.15) is 28.4 Å². The molecule has 1 atom stereocenters. The van der Waals surface area contributed by atoms with Crippen molar-refractivity contribution >= 4 is 26.6 Å². The van der Waals surface area contributed by atoms with Crippen LogP contribution in [0.2, 0.25) is 0 Å². The number of fused-ring (bicyclic) bond motifs is 1. The predicted molar refractivity (Wildman–Crippen MR) is 152 cm³/mol. The quantitative estimate of drug-likeness (QED) is 0.280. The summed E-state index contributed by atoms with van der Waals surface area (Å²) in [4.78, 5) is 8.50. The van der Waals surface area contributed by atoms with E-state index in [1.54, 1.807) is 61.8 Å². The third kappa shape index (κ3) is 5.82. The maximum absolute atomic E-state index is 13.1. The Bertz CT molecular complexity index is 1580. The molecule has 4 aromatic rings. The predicted octanol–water partition coefficient (Wildman–Crippen LogP) is 3.57. The molecule has 5 rings (SSSR count). The first kappa shape index (κ1) is 27.7. The van der Waals surface area contributed by atoms with Crippen molar-refractivity contribution in [2.45, 2.75) is 17.7 Å². The molecule has 1 unspecified atom stereocenters. The van der Waals surface area contributed by atoms with Gasteiger partial charge in [0, 0.05) is 62.1 Å². The Morgan fingerprint density at radius 3 is 2.40 bits per heavy atom. The lowest BCUT2D eigenvalue weighted by Gasteiger charge is -2.37. The Hall–Kier alpha value is -3.90. The van der Waals surface area contributed by atoms with Crippen molar-refractivity contribution in [3.8, 4) is 17.2 Å². The standard InChI is InChI=1S/C29H32N4O6S/c1-38-23-17-25(34)24(26(18-23)39-2)19-32-13-15-33(16-14-32)29(35)21-8-10-22(11-9-21)31-40(36,37)27-7-3-5-20-6-4-12-30-28(20)27/h3-12,17-18,29,31,34-35H,13-16,19H2,1-2H3. The summed E-state index contributed by atoms with van der Waals surface area (Å²) >= 11 is 0. The van der Waals surface area contributed by atoms with E-state index >= 15 is 0 Å². The van der Waals surface area contributed by atoms with Gasteiger partial charge < -0.3 is 19.7 Å². The maximum atomic E-state index is 13.1. The Morgan fingerprint density at radius 2 is 1.70 bits per heavy atom. The highest BCUT2D eigenvalue weighted by Crippen LogP contribution is 2.34. The van der Waals surface area contributed by atoms with Gasteiger partial charge in [0.15, 0.2) is 0 Å². The van der Waals surface area contributed by atoms with Crippen molar-refractivity contribution in [3.63, 3.8) is 0 Å². The number of aromatic nitrogens is 1. The number of piperazine rings is 1. The molecule has 2 heterocycles. The Morgan fingerprint density at radius 1 is 0.975 bits per heavy atom. The lowest BCUT2D eigenvalue weighted by Crippen LogP contribution is -2.47. The van der Waals surface area contributed by atoms with Crippen molar-refractivity contribution in [2.24, 2.45) is 0 Å². The summed E-state index contributed by atoms with van der Waals surface area (Å²) in [5.41, 5.74) is 2.15. The van der Waals surface area contributed by atoms with Crippen LogP contribution >= 0.6 is 0 Å². The Labute approximate surface area is 233 Å². The minimum Gasteiger partial charge on any atom is -0.507 e. The van der Waals surface area contributed by atoms with E-state index < -0.39 is 16.3 Å². The molecule has 0 aliphatic carbocycles. The van der Waals surface area contributed by atoms with Crippen molar-refractivity contribution in [1.82, 2.24) is 14.8 Å². The second-order valence-corrected chi connectivity index (χ2v) is 11.2. The average Bonchev–Trinajstić information content (AvgIpc) is 2.98. The molecule has 3 N–H and O–H groups in total. The summed E-state index contributed by atoms with van der Waals surface area (Å²) in [6.45, 7) is 3.10. The molecular formula is C29H32N4O6S. The van der Waals surface area contributed by atoms with Crippen LogP contribution < -0.4 is 14.2 Å². The molecule has 1 saturated heterocycles. The number of phenolic OH excluding ortho intramolecular Hbond substituents is 1. The fourth-order valence-electron chi connectivity index (χ4n) is 4.89. The normalized spacial score (nSPS) is 15.6. The van der Waals surface area contributed by atoms with Crippen LogP contribution in [0.25, 0.3) is 10.9 Å². The first-order chi connectivity index (χ1) is 19.3. The molecule has 0 radical (unpaired) electrons. The number of hydrogen-bond donors (Lipinski definition) is 3. The van der Waals surface area contributed by atoms with Gasteiger partial charge in [0.2, 0.25) is 0 Å². The molecule has 0 spiro atoms. The first-order valence-corrected chi connectivity index (χ1v) is 14.3. The third-order valence-corrected chi connectivity index (χ3v) is 8.51. The van der Waals surface area contributed by atoms with E-state index in [9.17, 15) is 18.6 Å². The summed E-state index contributed by atoms with van der Waals surface area (Å²) in [6.07, 6.45) is 0.732. The number of benzene rings is 3. The van der Waals surface area contributed by atoms with E-state index in [2.05, 4.69) is 14.6 Å². The number of hydrogen-bond acceptors (Lipinski definition) is 9. The maximum Gasteiger partial charge on any atom is 0.264 e. The second kappa shape index (κ2) is 11.7. The van der Waals surface area contributed by atoms with Crippen molar-refractivity contribution in [2.75, 3.05) is 45.1 Å². The highest BCUT2D eigenvalue weighted by molar-refractivity contribution is 7.93. The molecule has 1 fully saturated rings. The summed E-state index contributed by atoms with van der Waals surface area (Å²) in [6, 6.07) is 18.7. The number of methoxy groups -OCH3 is 2. The largest absolute Gasteiger partial charge is 0.507 e. The number of pyridine rings is 1. The molecule has 40 heavy (non-hydrogen) atoms. The number of nitrogens with zero attached hydrogens (tertiary/aromatic N) is 3. The zero-order valence-corrected chi connectivity index (χ0v) is 23.1. The molecule has 11 heteroatoms. The molecule has 1 aliphatic heterocycles. The number of ether oxygens (including phenoxy) is 2. The van der Waals surface area contributed by atoms with Crippen LogP contribution in [-0.2, 0) is 16.6 Å². The fraction of sp³-hybridized carbons (Fsp3) is 0.276. The Kier molecular flexibility index (Phi) is 8.08. The van der Waals surface area contributed by atoms with Gasteiger partial charge in [-0.15, -0.1) is 0 Å². The van der Waals surface area contributed by atoms with Crippen LogP contribution in [0.15, 0.2) is 77.8 Å². The second-order valence-electron chi connectivity index (χ2n) is 9.57. The monoisotopic (exact) mass is 564 g/mol. The van der Waals surface area contributed by atoms with Crippen molar-refractivity contribution in [3.05, 3.63) is 84.1 Å². The number of para-hydroxylation sites is 1. The molecule has 0 amide bonds. The van der Waals surface area contributed by atoms with Crippen LogP contribution in [0, 0.1) is 0 Å². The van der Waals surface area contributed by atoms with Gasteiger partial charge in [-0.25, -0.2) is 8.42 Å². The number of sulfonamides is 1. The molecule has 210 valence electrons. The lowest BCUT2D eigenvalue weighted by atomic mass is 10.1. The van der Waals surface area contributed by atoms with Gasteiger partial charge in [-0.3, -0.25) is 19.5 Å². The number of nitrogens with one attached hydrogen (secondary N) is 1. The van der Waals surface area contributed by atoms with Crippen molar-refractivity contribution in [1.29, 1.82) is 0 Å². The molecule has 0 bridgehead atoms. The number of aliphatic hydroxyl groups excluding tert-OH is 1. The van der Waals surface area contributed by atoms with Gasteiger partial charge >= 0.3 is 0 Å². The highest BCUT2D eigenvalue weighted by Gasteiger charge is 2.25. The van der Waals surface area contributed by atoms with Crippen LogP contribution in [0.3, 0.4) is 0 Å². The summed E-state index contributed by atoms with van der Waals surface area (Å²) in [7, 11) is -0.768. The van der Waals surface area contributed by atoms with E-state index in [1.165, 1.54) is 13.2 Å². The van der Waals surface area contributed by atoms with Gasteiger partial charge in [0.25, 0.3) is 10.0 Å². The SMILES string of the molecule is COc1cc(O)c(CN2CCN(C(O)c3ccc(NS(=O)(=O)c4cccc5cccnc45)cc3)CC2)c(OC)c1. The number of aromatic hydroxyl groups is 1. The molecule has 0 saturated carbocycles. The minimum absolute atomic E-state index is 0.105. The smallest absolute Gasteiger partial charge is 0.264 e. The van der Waals surface area contributed by atoms with Gasteiger partial charge in [-0.05, 0) is 29.8 Å². The first-order valence-electron chi connectivity index (χ1n) is 12.8. The van der Waals surface area contributed by atoms with E-state index in [1.807, 2.05) is 17.0 Å². The van der Waals surface area contributed by atoms with Gasteiger partial charge in [0.05, 0.1) is 25.3 Å². The van der Waals surface area contributed by atoms with Crippen LogP contribution in [0.1, 0.15) is 17.4 Å². The lowest BCUT2D eigenvalue weighted by molar-refractivity contribution is -0.0287. The molecule has 1 aliphatic rings. The van der Waals surface area contributed by atoms with Gasteiger partial charge in [-0.2, -0.15) is 0 Å². The molecule has 3 aromatic carbocycles. The summed E-state index contributed by atoms with van der Waals surface area (Å²) in [5.74, 6) is 1.20. The molecular weight excluding hydrogens is 532 g/mol. The zero-order chi connectivity index (χ0) is 28.3. The minimum atomic E-state index is -3.86. The summed E-state index contributed by atoms with van der Waals surface area (Å²) in [5, 5.41) is 22.2. The zero-order valence-electron chi connectivity index (χ0n) is 22.3. The van der Waals surface area contributed by atoms with E-state index in [4.69, 9.17) is 9.47 Å². The summed E-state index contributed by atoms with van der Waals surface area (Å²) < 4.78 is 39.5. The highest BCUT2D eigenvalue weighted by atomic mass is 32.2. The van der Waals surface area contributed by atoms with Crippen LogP contribution in [0.4, 0.5) is 5.69 Å². The van der Waals surface area contributed by atoms with E-state index in [-0.39, 0.29) is 10.6 Å². The van der Waals surface area contributed by atoms with Crippen LogP contribution in [0.5, 0.6) is 17.2 Å². The number of rotatable bonds is 9. The van der Waals surface area contributed by atoms with Crippen molar-refractivity contribution < 1.29 is 28.1 Å². The fourth-order valence-corrected chi connectivity index (χ4v) is 6.13. The van der Waals surface area contributed by atoms with E-state index in [0.717, 1.165) is 5.39 Å². The number of phenols is 1. The Balaban J connectivity index is 1.21. The van der Waals surface area contributed by atoms with E-state index in [0.29, 0.717) is 66.6 Å². The van der Waals surface area contributed by atoms with Gasteiger partial charge in [-0.1, -0.05) is 30.3 Å². The van der Waals surface area contributed by atoms with Crippen LogP contribution in [-0.4, -0.2) is 73.8 Å².